The Morgan fingerprint density at radius 1 is 1.21 bits per heavy atom. The minimum atomic E-state index is -0.890. The molecule has 0 bridgehead atoms. The topological polar surface area (TPSA) is 84.9 Å². The monoisotopic (exact) mass is 410 g/mol. The normalized spacial score (nSPS) is 20.6. The Balaban J connectivity index is 1.94. The number of amides is 2. The zero-order valence-electron chi connectivity index (χ0n) is 16.6. The van der Waals surface area contributed by atoms with Crippen LogP contribution < -0.4 is 5.32 Å². The number of nitrogens with one attached hydrogen (secondary N) is 1. The molecule has 2 rings (SSSR count). The maximum Gasteiger partial charge on any atom is 0.329 e. The summed E-state index contributed by atoms with van der Waals surface area (Å²) in [4.78, 5) is 38.9. The highest BCUT2D eigenvalue weighted by atomic mass is 35.5. The van der Waals surface area contributed by atoms with E-state index >= 15 is 0 Å². The lowest BCUT2D eigenvalue weighted by molar-refractivity contribution is -0.159. The van der Waals surface area contributed by atoms with Gasteiger partial charge in [0.2, 0.25) is 0 Å². The summed E-state index contributed by atoms with van der Waals surface area (Å²) >= 11 is 6.04. The smallest absolute Gasteiger partial charge is 0.329 e. The van der Waals surface area contributed by atoms with Crippen LogP contribution in [0.25, 0.3) is 0 Å². The molecule has 0 spiro atoms. The highest BCUT2D eigenvalue weighted by Gasteiger charge is 2.30. The predicted molar refractivity (Wildman–Crippen MR) is 105 cm³/mol. The quantitative estimate of drug-likeness (QED) is 0.727. The van der Waals surface area contributed by atoms with Crippen LogP contribution >= 0.6 is 11.6 Å². The number of benzene rings is 1. The molecular weight excluding hydrogens is 384 g/mol. The molecule has 2 amide bonds. The van der Waals surface area contributed by atoms with E-state index in [9.17, 15) is 14.4 Å². The van der Waals surface area contributed by atoms with Crippen LogP contribution in [-0.4, -0.2) is 60.6 Å². The molecule has 1 aliphatic rings. The molecule has 1 fully saturated rings. The summed E-state index contributed by atoms with van der Waals surface area (Å²) in [6, 6.07) is 5.69. The third kappa shape index (κ3) is 5.94. The van der Waals surface area contributed by atoms with Gasteiger partial charge in [-0.15, -0.1) is 0 Å². The summed E-state index contributed by atoms with van der Waals surface area (Å²) in [5, 5.41) is 2.94. The number of carbonyl (C=O) groups is 3. The molecule has 0 unspecified atom stereocenters. The largest absolute Gasteiger partial charge is 0.454 e. The Hall–Kier alpha value is -2.12. The number of rotatable bonds is 6. The number of ether oxygens (including phenoxy) is 2. The van der Waals surface area contributed by atoms with Crippen LogP contribution in [0.1, 0.15) is 38.1 Å². The van der Waals surface area contributed by atoms with Crippen LogP contribution in [0.2, 0.25) is 5.02 Å². The van der Waals surface area contributed by atoms with Crippen LogP contribution in [0.3, 0.4) is 0 Å². The van der Waals surface area contributed by atoms with E-state index in [0.717, 1.165) is 0 Å². The van der Waals surface area contributed by atoms with Gasteiger partial charge < -0.3 is 19.7 Å². The van der Waals surface area contributed by atoms with Crippen LogP contribution in [0.4, 0.5) is 0 Å². The summed E-state index contributed by atoms with van der Waals surface area (Å²) < 4.78 is 10.8. The molecule has 7 nitrogen and oxygen atoms in total. The molecule has 0 radical (unpaired) electrons. The van der Waals surface area contributed by atoms with Gasteiger partial charge in [0.15, 0.2) is 6.61 Å². The molecule has 1 aromatic rings. The Morgan fingerprint density at radius 2 is 1.82 bits per heavy atom. The van der Waals surface area contributed by atoms with Gasteiger partial charge in [-0.3, -0.25) is 9.59 Å². The van der Waals surface area contributed by atoms with E-state index in [0.29, 0.717) is 18.1 Å². The Bertz CT molecular complexity index is 714. The minimum Gasteiger partial charge on any atom is -0.454 e. The van der Waals surface area contributed by atoms with Gasteiger partial charge in [0, 0.05) is 13.1 Å². The molecule has 0 aromatic heterocycles. The zero-order valence-corrected chi connectivity index (χ0v) is 17.4. The molecule has 3 atom stereocenters. The maximum absolute atomic E-state index is 12.5. The minimum absolute atomic E-state index is 0.0678. The van der Waals surface area contributed by atoms with E-state index in [-0.39, 0.29) is 36.2 Å². The Kier molecular flexibility index (Phi) is 7.83. The highest BCUT2D eigenvalue weighted by Crippen LogP contribution is 2.16. The van der Waals surface area contributed by atoms with E-state index in [1.165, 1.54) is 0 Å². The lowest BCUT2D eigenvalue weighted by Crippen LogP contribution is -2.50. The summed E-state index contributed by atoms with van der Waals surface area (Å²) in [5.41, 5.74) is 0.273. The fourth-order valence-corrected chi connectivity index (χ4v) is 3.28. The van der Waals surface area contributed by atoms with Crippen LogP contribution in [0.5, 0.6) is 0 Å². The second-order valence-electron chi connectivity index (χ2n) is 7.34. The number of hydrogen-bond acceptors (Lipinski definition) is 5. The maximum atomic E-state index is 12.5. The fraction of sp³-hybridized carbons (Fsp3) is 0.550. The number of hydrogen-bond donors (Lipinski definition) is 1. The van der Waals surface area contributed by atoms with Crippen molar-refractivity contribution in [2.75, 3.05) is 19.7 Å². The average Bonchev–Trinajstić information content (AvgIpc) is 2.63. The van der Waals surface area contributed by atoms with Crippen molar-refractivity contribution in [1.29, 1.82) is 0 Å². The van der Waals surface area contributed by atoms with Gasteiger partial charge in [0.05, 0.1) is 22.8 Å². The Morgan fingerprint density at radius 3 is 2.39 bits per heavy atom. The van der Waals surface area contributed by atoms with Crippen molar-refractivity contribution in [3.63, 3.8) is 0 Å². The number of nitrogens with zero attached hydrogens (tertiary/aromatic N) is 1. The second-order valence-corrected chi connectivity index (χ2v) is 7.75. The lowest BCUT2D eigenvalue weighted by Gasteiger charge is -2.35. The van der Waals surface area contributed by atoms with E-state index in [4.69, 9.17) is 21.1 Å². The van der Waals surface area contributed by atoms with Crippen LogP contribution in [-0.2, 0) is 19.1 Å². The molecule has 1 saturated heterocycles. The number of halogens is 1. The van der Waals surface area contributed by atoms with Gasteiger partial charge >= 0.3 is 5.97 Å². The fourth-order valence-electron chi connectivity index (χ4n) is 3.06. The summed E-state index contributed by atoms with van der Waals surface area (Å²) in [6.45, 7) is 7.89. The van der Waals surface area contributed by atoms with Gasteiger partial charge in [-0.25, -0.2) is 4.79 Å². The van der Waals surface area contributed by atoms with E-state index in [1.807, 2.05) is 13.8 Å². The third-order valence-corrected chi connectivity index (χ3v) is 4.77. The van der Waals surface area contributed by atoms with Gasteiger partial charge in [0.25, 0.3) is 11.8 Å². The summed E-state index contributed by atoms with van der Waals surface area (Å²) in [5.74, 6) is -1.63. The van der Waals surface area contributed by atoms with Gasteiger partial charge in [-0.05, 0) is 31.9 Å². The van der Waals surface area contributed by atoms with Crippen LogP contribution in [0, 0.1) is 5.92 Å². The van der Waals surface area contributed by atoms with Gasteiger partial charge in [0.1, 0.15) is 6.04 Å². The summed E-state index contributed by atoms with van der Waals surface area (Å²) in [6.07, 6.45) is -0.136. The molecule has 1 aliphatic heterocycles. The van der Waals surface area contributed by atoms with Gasteiger partial charge in [-0.2, -0.15) is 0 Å². The SMILES string of the molecule is CC(C)[C@H](NC(=O)c1ccccc1Cl)C(=O)OCC(=O)N1C[C@@H](C)O[C@@H](C)C1. The van der Waals surface area contributed by atoms with Crippen molar-refractivity contribution in [2.24, 2.45) is 5.92 Å². The molecule has 0 aliphatic carbocycles. The average molecular weight is 411 g/mol. The first-order valence-corrected chi connectivity index (χ1v) is 9.72. The molecule has 0 saturated carbocycles. The van der Waals surface area contributed by atoms with Crippen molar-refractivity contribution < 1.29 is 23.9 Å². The second kappa shape index (κ2) is 9.89. The molecular formula is C20H27ClN2O5. The summed E-state index contributed by atoms with van der Waals surface area (Å²) in [7, 11) is 0. The van der Waals surface area contributed by atoms with E-state index in [2.05, 4.69) is 5.32 Å². The number of esters is 1. The Labute approximate surface area is 170 Å². The molecule has 1 heterocycles. The third-order valence-electron chi connectivity index (χ3n) is 4.44. The first kappa shape index (κ1) is 22.2. The zero-order chi connectivity index (χ0) is 20.8. The van der Waals surface area contributed by atoms with E-state index < -0.39 is 17.9 Å². The van der Waals surface area contributed by atoms with Crippen molar-refractivity contribution >= 4 is 29.4 Å². The molecule has 1 N–H and O–H groups in total. The van der Waals surface area contributed by atoms with Crippen molar-refractivity contribution in [1.82, 2.24) is 10.2 Å². The molecule has 28 heavy (non-hydrogen) atoms. The standard InChI is InChI=1S/C20H27ClN2O5/c1-12(2)18(22-19(25)15-7-5-6-8-16(15)21)20(26)27-11-17(24)23-9-13(3)28-14(4)10-23/h5-8,12-14,18H,9-11H2,1-4H3,(H,22,25)/t13-,14+,18-/m0/s1. The van der Waals surface area contributed by atoms with E-state index in [1.54, 1.807) is 43.0 Å². The van der Waals surface area contributed by atoms with Crippen LogP contribution in [0.15, 0.2) is 24.3 Å². The first-order chi connectivity index (χ1) is 13.2. The molecule has 1 aromatic carbocycles. The van der Waals surface area contributed by atoms with Gasteiger partial charge in [-0.1, -0.05) is 37.6 Å². The van der Waals surface area contributed by atoms with Crippen molar-refractivity contribution in [2.45, 2.75) is 45.9 Å². The number of morpholine rings is 1. The van der Waals surface area contributed by atoms with Crippen molar-refractivity contribution in [3.05, 3.63) is 34.9 Å². The first-order valence-electron chi connectivity index (χ1n) is 9.34. The predicted octanol–water partition coefficient (Wildman–Crippen LogP) is 2.27. The van der Waals surface area contributed by atoms with Crippen molar-refractivity contribution in [3.8, 4) is 0 Å². The number of carbonyl (C=O) groups excluding carboxylic acids is 3. The molecule has 154 valence electrons. The lowest BCUT2D eigenvalue weighted by atomic mass is 10.0. The molecule has 8 heteroatoms. The highest BCUT2D eigenvalue weighted by molar-refractivity contribution is 6.33.